The van der Waals surface area contributed by atoms with Crippen molar-refractivity contribution in [1.82, 2.24) is 14.8 Å². The summed E-state index contributed by atoms with van der Waals surface area (Å²) in [4.78, 5) is 32.2. The van der Waals surface area contributed by atoms with E-state index in [9.17, 15) is 22.8 Å². The number of halogens is 3. The molecule has 0 unspecified atom stereocenters. The van der Waals surface area contributed by atoms with Crippen LogP contribution < -0.4 is 9.47 Å². The van der Waals surface area contributed by atoms with Gasteiger partial charge in [-0.3, -0.25) is 9.59 Å². The van der Waals surface area contributed by atoms with Gasteiger partial charge in [0.2, 0.25) is 5.91 Å². The number of alkyl halides is 3. The van der Waals surface area contributed by atoms with Crippen LogP contribution >= 0.6 is 11.3 Å². The van der Waals surface area contributed by atoms with Crippen LogP contribution in [0.1, 0.15) is 28.5 Å². The zero-order chi connectivity index (χ0) is 25.9. The number of hydrogen-bond donors (Lipinski definition) is 0. The van der Waals surface area contributed by atoms with Crippen LogP contribution in [0.5, 0.6) is 11.5 Å². The molecule has 0 aliphatic carbocycles. The number of methoxy groups -OCH3 is 1. The van der Waals surface area contributed by atoms with Crippen molar-refractivity contribution in [2.24, 2.45) is 0 Å². The number of carbonyl (C=O) groups excluding carboxylic acids is 2. The molecule has 0 atom stereocenters. The first-order valence-corrected chi connectivity index (χ1v) is 12.0. The van der Waals surface area contributed by atoms with Crippen LogP contribution in [0.4, 0.5) is 13.2 Å². The summed E-state index contributed by atoms with van der Waals surface area (Å²) in [5.74, 6) is 0.412. The van der Waals surface area contributed by atoms with Gasteiger partial charge >= 0.3 is 6.18 Å². The number of benzene rings is 2. The molecule has 3 aromatic rings. The highest BCUT2D eigenvalue weighted by Crippen LogP contribution is 2.36. The number of aromatic nitrogens is 1. The van der Waals surface area contributed by atoms with E-state index in [4.69, 9.17) is 9.47 Å². The van der Waals surface area contributed by atoms with Crippen LogP contribution in [0.2, 0.25) is 0 Å². The van der Waals surface area contributed by atoms with E-state index in [0.717, 1.165) is 6.07 Å². The van der Waals surface area contributed by atoms with Crippen LogP contribution in [0.3, 0.4) is 0 Å². The number of hydrogen-bond acceptors (Lipinski definition) is 6. The van der Waals surface area contributed by atoms with Gasteiger partial charge in [0, 0.05) is 49.6 Å². The third-order valence-electron chi connectivity index (χ3n) is 5.85. The fourth-order valence-electron chi connectivity index (χ4n) is 3.89. The Kier molecular flexibility index (Phi) is 7.48. The number of nitrogens with zero attached hydrogens (tertiary/aromatic N) is 3. The topological polar surface area (TPSA) is 72.0 Å². The first kappa shape index (κ1) is 25.5. The normalized spacial score (nSPS) is 14.0. The van der Waals surface area contributed by atoms with Crippen molar-refractivity contribution in [2.45, 2.75) is 19.7 Å². The van der Waals surface area contributed by atoms with Crippen molar-refractivity contribution in [3.05, 3.63) is 64.7 Å². The Morgan fingerprint density at radius 1 is 1.03 bits per heavy atom. The minimum absolute atomic E-state index is 0.0102. The fraction of sp³-hybridized carbons (Fsp3) is 0.320. The molecule has 1 fully saturated rings. The zero-order valence-corrected chi connectivity index (χ0v) is 20.5. The number of piperazine rings is 1. The maximum Gasteiger partial charge on any atom is 0.416 e. The van der Waals surface area contributed by atoms with Gasteiger partial charge < -0.3 is 19.3 Å². The SMILES string of the molecule is COc1cc(-c2nc(C(=O)N3CCN(C(C)=O)CC3)cs2)ccc1OCc1ccccc1C(F)(F)F. The van der Waals surface area contributed by atoms with Crippen molar-refractivity contribution >= 4 is 23.2 Å². The molecule has 0 bridgehead atoms. The summed E-state index contributed by atoms with van der Waals surface area (Å²) in [6.07, 6.45) is -4.48. The van der Waals surface area contributed by atoms with Crippen molar-refractivity contribution < 1.29 is 32.2 Å². The van der Waals surface area contributed by atoms with E-state index >= 15 is 0 Å². The van der Waals surface area contributed by atoms with Crippen molar-refractivity contribution in [3.8, 4) is 22.1 Å². The van der Waals surface area contributed by atoms with E-state index < -0.39 is 11.7 Å². The Bertz CT molecular complexity index is 1250. The first-order valence-electron chi connectivity index (χ1n) is 11.1. The molecule has 36 heavy (non-hydrogen) atoms. The van der Waals surface area contributed by atoms with Gasteiger partial charge in [-0.1, -0.05) is 18.2 Å². The highest BCUT2D eigenvalue weighted by Gasteiger charge is 2.33. The molecule has 1 aliphatic rings. The Morgan fingerprint density at radius 2 is 1.72 bits per heavy atom. The molecule has 1 saturated heterocycles. The van der Waals surface area contributed by atoms with Crippen molar-refractivity contribution in [2.75, 3.05) is 33.3 Å². The average molecular weight is 520 g/mol. The van der Waals surface area contributed by atoms with Gasteiger partial charge in [0.1, 0.15) is 17.3 Å². The molecule has 2 heterocycles. The molecule has 1 aromatic heterocycles. The van der Waals surface area contributed by atoms with Gasteiger partial charge in [-0.2, -0.15) is 13.2 Å². The second kappa shape index (κ2) is 10.6. The lowest BCUT2D eigenvalue weighted by Gasteiger charge is -2.33. The molecule has 4 rings (SSSR count). The zero-order valence-electron chi connectivity index (χ0n) is 19.7. The maximum absolute atomic E-state index is 13.3. The maximum atomic E-state index is 13.3. The Balaban J connectivity index is 1.46. The summed E-state index contributed by atoms with van der Waals surface area (Å²) in [5, 5.41) is 2.27. The summed E-state index contributed by atoms with van der Waals surface area (Å²) in [6.45, 7) is 3.11. The van der Waals surface area contributed by atoms with Gasteiger partial charge in [-0.15, -0.1) is 11.3 Å². The smallest absolute Gasteiger partial charge is 0.416 e. The number of ether oxygens (including phenoxy) is 2. The lowest BCUT2D eigenvalue weighted by molar-refractivity contribution is -0.138. The molecule has 11 heteroatoms. The van der Waals surface area contributed by atoms with Crippen LogP contribution in [0.15, 0.2) is 47.8 Å². The quantitative estimate of drug-likeness (QED) is 0.471. The second-order valence-electron chi connectivity index (χ2n) is 8.15. The highest BCUT2D eigenvalue weighted by atomic mass is 32.1. The Labute approximate surface area is 210 Å². The fourth-order valence-corrected chi connectivity index (χ4v) is 4.68. The van der Waals surface area contributed by atoms with Gasteiger partial charge in [0.15, 0.2) is 11.5 Å². The standard InChI is InChI=1S/C25H24F3N3O4S/c1-16(32)30-9-11-31(12-10-30)24(33)20-15-36-23(29-20)17-7-8-21(22(13-17)34-2)35-14-18-5-3-4-6-19(18)25(26,27)28/h3-8,13,15H,9-12,14H2,1-2H3. The highest BCUT2D eigenvalue weighted by molar-refractivity contribution is 7.13. The predicted octanol–water partition coefficient (Wildman–Crippen LogP) is 4.72. The molecule has 1 aliphatic heterocycles. The summed E-state index contributed by atoms with van der Waals surface area (Å²) >= 11 is 1.30. The lowest BCUT2D eigenvalue weighted by atomic mass is 10.1. The lowest BCUT2D eigenvalue weighted by Crippen LogP contribution is -2.50. The summed E-state index contributed by atoms with van der Waals surface area (Å²) < 4.78 is 50.8. The van der Waals surface area contributed by atoms with Gasteiger partial charge in [-0.05, 0) is 24.3 Å². The third-order valence-corrected chi connectivity index (χ3v) is 6.74. The average Bonchev–Trinajstić information content (AvgIpc) is 3.37. The first-order chi connectivity index (χ1) is 17.2. The molecular formula is C25H24F3N3O4S. The van der Waals surface area contributed by atoms with Crippen LogP contribution in [-0.4, -0.2) is 59.9 Å². The molecule has 2 amide bonds. The van der Waals surface area contributed by atoms with E-state index in [1.807, 2.05) is 0 Å². The molecule has 0 saturated carbocycles. The van der Waals surface area contributed by atoms with Gasteiger partial charge in [-0.25, -0.2) is 4.98 Å². The third kappa shape index (κ3) is 5.62. The second-order valence-corrected chi connectivity index (χ2v) is 9.00. The monoisotopic (exact) mass is 519 g/mol. The van der Waals surface area contributed by atoms with Crippen LogP contribution in [0.25, 0.3) is 10.6 Å². The van der Waals surface area contributed by atoms with Crippen molar-refractivity contribution in [1.29, 1.82) is 0 Å². The largest absolute Gasteiger partial charge is 0.493 e. The van der Waals surface area contributed by atoms with Gasteiger partial charge in [0.25, 0.3) is 5.91 Å². The number of carbonyl (C=O) groups is 2. The van der Waals surface area contributed by atoms with Crippen LogP contribution in [-0.2, 0) is 17.6 Å². The van der Waals surface area contributed by atoms with Crippen molar-refractivity contribution in [3.63, 3.8) is 0 Å². The van der Waals surface area contributed by atoms with E-state index in [-0.39, 0.29) is 29.7 Å². The molecule has 0 radical (unpaired) electrons. The Morgan fingerprint density at radius 3 is 2.39 bits per heavy atom. The molecule has 0 N–H and O–H groups in total. The Hall–Kier alpha value is -3.60. The summed E-state index contributed by atoms with van der Waals surface area (Å²) in [7, 11) is 1.44. The number of amides is 2. The van der Waals surface area contributed by atoms with E-state index in [1.165, 1.54) is 43.6 Å². The minimum atomic E-state index is -4.48. The summed E-state index contributed by atoms with van der Waals surface area (Å²) in [6, 6.07) is 10.2. The predicted molar refractivity (Wildman–Crippen MR) is 128 cm³/mol. The molecule has 2 aromatic carbocycles. The molecule has 7 nitrogen and oxygen atoms in total. The van der Waals surface area contributed by atoms with Crippen LogP contribution in [0, 0.1) is 0 Å². The molecule has 0 spiro atoms. The number of thiazole rings is 1. The molecule has 190 valence electrons. The minimum Gasteiger partial charge on any atom is -0.493 e. The molecular weight excluding hydrogens is 495 g/mol. The van der Waals surface area contributed by atoms with Gasteiger partial charge in [0.05, 0.1) is 12.7 Å². The van der Waals surface area contributed by atoms with E-state index in [0.29, 0.717) is 48.2 Å². The number of rotatable bonds is 6. The summed E-state index contributed by atoms with van der Waals surface area (Å²) in [5.41, 5.74) is 0.265. The van der Waals surface area contributed by atoms with E-state index in [1.54, 1.807) is 33.4 Å². The van der Waals surface area contributed by atoms with E-state index in [2.05, 4.69) is 4.98 Å².